The topological polar surface area (TPSA) is 52.9 Å². The van der Waals surface area contributed by atoms with E-state index < -0.39 is 0 Å². The lowest BCUT2D eigenvalue weighted by Gasteiger charge is -2.06. The van der Waals surface area contributed by atoms with Crippen molar-refractivity contribution in [1.82, 2.24) is 5.32 Å². The van der Waals surface area contributed by atoms with Crippen molar-refractivity contribution in [2.24, 2.45) is 0 Å². The summed E-state index contributed by atoms with van der Waals surface area (Å²) in [6.07, 6.45) is 1.17. The molecule has 23 heavy (non-hydrogen) atoms. The van der Waals surface area contributed by atoms with Gasteiger partial charge in [-0.05, 0) is 43.2 Å². The van der Waals surface area contributed by atoms with Crippen LogP contribution in [-0.4, -0.2) is 18.2 Å². The minimum atomic E-state index is 0.0684. The summed E-state index contributed by atoms with van der Waals surface area (Å²) in [6.45, 7) is 2.74. The molecule has 2 aromatic carbocycles. The molecule has 0 heterocycles. The first-order valence-electron chi connectivity index (χ1n) is 7.62. The van der Waals surface area contributed by atoms with Crippen molar-refractivity contribution >= 4 is 17.7 Å². The molecule has 2 rings (SSSR count). The summed E-state index contributed by atoms with van der Waals surface area (Å²) in [6, 6.07) is 17.9. The Kier molecular flexibility index (Phi) is 6.71. The highest BCUT2D eigenvalue weighted by Crippen LogP contribution is 2.17. The molecule has 0 radical (unpaired) electrons. The maximum Gasteiger partial charge on any atom is 0.220 e. The lowest BCUT2D eigenvalue weighted by molar-refractivity contribution is -0.120. The number of hydrogen-bond donors (Lipinski definition) is 1. The van der Waals surface area contributed by atoms with Gasteiger partial charge in [0.2, 0.25) is 5.91 Å². The van der Waals surface area contributed by atoms with Crippen molar-refractivity contribution in [1.29, 1.82) is 5.26 Å². The molecule has 0 aliphatic carbocycles. The molecule has 0 saturated carbocycles. The lowest BCUT2D eigenvalue weighted by atomic mass is 10.1. The number of carbonyl (C=O) groups excluding carboxylic acids is 1. The molecule has 3 nitrogen and oxygen atoms in total. The molecule has 0 fully saturated rings. The SMILES string of the molecule is Cc1ccc(SCCNC(=O)CCc2ccc(C#N)cc2)cc1. The number of benzene rings is 2. The van der Waals surface area contributed by atoms with E-state index in [-0.39, 0.29) is 5.91 Å². The van der Waals surface area contributed by atoms with Crippen LogP contribution < -0.4 is 5.32 Å². The van der Waals surface area contributed by atoms with Crippen molar-refractivity contribution < 1.29 is 4.79 Å². The zero-order valence-corrected chi connectivity index (χ0v) is 14.0. The largest absolute Gasteiger partial charge is 0.355 e. The van der Waals surface area contributed by atoms with Crippen molar-refractivity contribution in [2.45, 2.75) is 24.7 Å². The number of aryl methyl sites for hydroxylation is 2. The number of carbonyl (C=O) groups is 1. The van der Waals surface area contributed by atoms with E-state index in [1.165, 1.54) is 10.5 Å². The predicted octanol–water partition coefficient (Wildman–Crippen LogP) is 3.71. The van der Waals surface area contributed by atoms with Crippen LogP contribution in [0.1, 0.15) is 23.1 Å². The molecule has 1 amide bonds. The number of rotatable bonds is 7. The van der Waals surface area contributed by atoms with Crippen LogP contribution in [0.3, 0.4) is 0 Å². The van der Waals surface area contributed by atoms with Crippen LogP contribution in [0.4, 0.5) is 0 Å². The summed E-state index contributed by atoms with van der Waals surface area (Å²) in [5.41, 5.74) is 2.98. The van der Waals surface area contributed by atoms with Crippen LogP contribution >= 0.6 is 11.8 Å². The molecular formula is C19H20N2OS. The van der Waals surface area contributed by atoms with E-state index in [1.807, 2.05) is 12.1 Å². The van der Waals surface area contributed by atoms with Gasteiger partial charge >= 0.3 is 0 Å². The molecule has 2 aromatic rings. The Balaban J connectivity index is 1.63. The van der Waals surface area contributed by atoms with E-state index in [4.69, 9.17) is 5.26 Å². The summed E-state index contributed by atoms with van der Waals surface area (Å²) in [7, 11) is 0. The highest BCUT2D eigenvalue weighted by atomic mass is 32.2. The fourth-order valence-corrected chi connectivity index (χ4v) is 2.85. The van der Waals surface area contributed by atoms with Crippen molar-refractivity contribution in [3.8, 4) is 6.07 Å². The summed E-state index contributed by atoms with van der Waals surface area (Å²) < 4.78 is 0. The zero-order chi connectivity index (χ0) is 16.5. The minimum Gasteiger partial charge on any atom is -0.355 e. The number of hydrogen-bond acceptors (Lipinski definition) is 3. The number of nitriles is 1. The Morgan fingerprint density at radius 3 is 2.48 bits per heavy atom. The molecule has 0 aromatic heterocycles. The smallest absolute Gasteiger partial charge is 0.220 e. The molecule has 0 spiro atoms. The van der Waals surface area contributed by atoms with Gasteiger partial charge in [0.05, 0.1) is 11.6 Å². The van der Waals surface area contributed by atoms with Gasteiger partial charge in [-0.2, -0.15) is 5.26 Å². The van der Waals surface area contributed by atoms with Crippen LogP contribution in [-0.2, 0) is 11.2 Å². The maximum atomic E-state index is 11.8. The first kappa shape index (κ1) is 17.1. The van der Waals surface area contributed by atoms with E-state index in [2.05, 4.69) is 42.6 Å². The van der Waals surface area contributed by atoms with Crippen LogP contribution in [0, 0.1) is 18.3 Å². The number of nitrogens with one attached hydrogen (secondary N) is 1. The second-order valence-electron chi connectivity index (χ2n) is 5.32. The third-order valence-electron chi connectivity index (χ3n) is 3.44. The molecule has 0 unspecified atom stereocenters. The van der Waals surface area contributed by atoms with Gasteiger partial charge in [0.15, 0.2) is 0 Å². The quantitative estimate of drug-likeness (QED) is 0.624. The van der Waals surface area contributed by atoms with Gasteiger partial charge in [0.25, 0.3) is 0 Å². The second-order valence-corrected chi connectivity index (χ2v) is 6.49. The van der Waals surface area contributed by atoms with Crippen LogP contribution in [0.2, 0.25) is 0 Å². The molecule has 0 saturated heterocycles. The predicted molar refractivity (Wildman–Crippen MR) is 94.4 cm³/mol. The average Bonchev–Trinajstić information content (AvgIpc) is 2.59. The number of thioether (sulfide) groups is 1. The molecule has 118 valence electrons. The second kappa shape index (κ2) is 9.02. The highest BCUT2D eigenvalue weighted by molar-refractivity contribution is 7.99. The Bertz CT molecular complexity index is 672. The van der Waals surface area contributed by atoms with E-state index in [1.54, 1.807) is 23.9 Å². The lowest BCUT2D eigenvalue weighted by Crippen LogP contribution is -2.25. The van der Waals surface area contributed by atoms with E-state index in [0.717, 1.165) is 11.3 Å². The highest BCUT2D eigenvalue weighted by Gasteiger charge is 2.02. The zero-order valence-electron chi connectivity index (χ0n) is 13.2. The first-order valence-corrected chi connectivity index (χ1v) is 8.61. The van der Waals surface area contributed by atoms with Crippen molar-refractivity contribution in [2.75, 3.05) is 12.3 Å². The van der Waals surface area contributed by atoms with Crippen LogP contribution in [0.5, 0.6) is 0 Å². The van der Waals surface area contributed by atoms with Crippen molar-refractivity contribution in [3.63, 3.8) is 0 Å². The number of nitrogens with zero attached hydrogens (tertiary/aromatic N) is 1. The minimum absolute atomic E-state index is 0.0684. The average molecular weight is 324 g/mol. The van der Waals surface area contributed by atoms with Gasteiger partial charge in [0, 0.05) is 23.6 Å². The molecule has 0 aliphatic heterocycles. The van der Waals surface area contributed by atoms with Gasteiger partial charge in [-0.25, -0.2) is 0 Å². The fraction of sp³-hybridized carbons (Fsp3) is 0.263. The van der Waals surface area contributed by atoms with Crippen LogP contribution in [0.25, 0.3) is 0 Å². The molecule has 0 aliphatic rings. The molecule has 4 heteroatoms. The maximum absolute atomic E-state index is 11.8. The van der Waals surface area contributed by atoms with E-state index in [0.29, 0.717) is 24.9 Å². The van der Waals surface area contributed by atoms with Gasteiger partial charge in [0.1, 0.15) is 0 Å². The Morgan fingerprint density at radius 1 is 1.13 bits per heavy atom. The Labute approximate surface area is 141 Å². The van der Waals surface area contributed by atoms with Gasteiger partial charge in [-0.1, -0.05) is 29.8 Å². The Morgan fingerprint density at radius 2 is 1.83 bits per heavy atom. The van der Waals surface area contributed by atoms with Gasteiger partial charge < -0.3 is 5.32 Å². The fourth-order valence-electron chi connectivity index (χ4n) is 2.09. The molecule has 0 atom stereocenters. The van der Waals surface area contributed by atoms with Crippen LogP contribution in [0.15, 0.2) is 53.4 Å². The monoisotopic (exact) mass is 324 g/mol. The van der Waals surface area contributed by atoms with Crippen molar-refractivity contribution in [3.05, 3.63) is 65.2 Å². The van der Waals surface area contributed by atoms with Gasteiger partial charge in [-0.3, -0.25) is 4.79 Å². The summed E-state index contributed by atoms with van der Waals surface area (Å²) >= 11 is 1.74. The van der Waals surface area contributed by atoms with E-state index in [9.17, 15) is 4.79 Å². The molecule has 1 N–H and O–H groups in total. The summed E-state index contributed by atoms with van der Waals surface area (Å²) in [4.78, 5) is 13.0. The molecular weight excluding hydrogens is 304 g/mol. The third-order valence-corrected chi connectivity index (χ3v) is 4.45. The normalized spacial score (nSPS) is 10.1. The summed E-state index contributed by atoms with van der Waals surface area (Å²) in [5.74, 6) is 0.935. The standard InChI is InChI=1S/C19H20N2OS/c1-15-2-9-18(10-3-15)23-13-12-21-19(22)11-8-16-4-6-17(14-20)7-5-16/h2-7,9-10H,8,11-13H2,1H3,(H,21,22). The molecule has 0 bridgehead atoms. The summed E-state index contributed by atoms with van der Waals surface area (Å²) in [5, 5.41) is 11.7. The first-order chi connectivity index (χ1) is 11.2. The third kappa shape index (κ3) is 6.17. The van der Waals surface area contributed by atoms with Gasteiger partial charge in [-0.15, -0.1) is 11.8 Å². The van der Waals surface area contributed by atoms with E-state index >= 15 is 0 Å². The Hall–Kier alpha value is -2.25. The number of amides is 1.